The second kappa shape index (κ2) is 7.38. The topological polar surface area (TPSA) is 18.5 Å². The van der Waals surface area contributed by atoms with Crippen LogP contribution in [0.5, 0.6) is 0 Å². The number of hydrogen-bond acceptors (Lipinski definition) is 2. The van der Waals surface area contributed by atoms with Gasteiger partial charge in [0.2, 0.25) is 0 Å². The maximum atomic E-state index is 5.45. The summed E-state index contributed by atoms with van der Waals surface area (Å²) < 4.78 is 10.9. The minimum absolute atomic E-state index is 0.673. The zero-order valence-electron chi connectivity index (χ0n) is 9.82. The van der Waals surface area contributed by atoms with Crippen molar-refractivity contribution in [2.75, 3.05) is 13.2 Å². The molecule has 1 fully saturated rings. The van der Waals surface area contributed by atoms with Crippen LogP contribution in [0, 0.1) is 11.8 Å². The molecule has 0 aromatic heterocycles. The van der Waals surface area contributed by atoms with E-state index in [1.807, 2.05) is 26.0 Å². The van der Waals surface area contributed by atoms with E-state index in [4.69, 9.17) is 9.47 Å². The second-order valence-corrected chi connectivity index (χ2v) is 4.06. The highest BCUT2D eigenvalue weighted by Gasteiger charge is 2.27. The maximum Gasteiger partial charge on any atom is 0.0905 e. The van der Waals surface area contributed by atoms with E-state index >= 15 is 0 Å². The molecule has 1 saturated carbocycles. The van der Waals surface area contributed by atoms with Gasteiger partial charge in [0, 0.05) is 0 Å². The third kappa shape index (κ3) is 4.41. The zero-order chi connectivity index (χ0) is 10.9. The Kier molecular flexibility index (Phi) is 5.98. The fourth-order valence-corrected chi connectivity index (χ4v) is 2.10. The van der Waals surface area contributed by atoms with Crippen LogP contribution in [0.25, 0.3) is 0 Å². The zero-order valence-corrected chi connectivity index (χ0v) is 9.82. The Morgan fingerprint density at radius 2 is 1.40 bits per heavy atom. The van der Waals surface area contributed by atoms with Crippen molar-refractivity contribution in [3.8, 4) is 0 Å². The van der Waals surface area contributed by atoms with Gasteiger partial charge in [-0.25, -0.2) is 0 Å². The number of ether oxygens (including phenoxy) is 2. The van der Waals surface area contributed by atoms with Crippen molar-refractivity contribution in [3.05, 3.63) is 24.7 Å². The number of rotatable bonds is 6. The van der Waals surface area contributed by atoms with E-state index in [0.717, 1.165) is 13.2 Å². The predicted octanol–water partition coefficient (Wildman–Crippen LogP) is 3.50. The van der Waals surface area contributed by atoms with E-state index in [0.29, 0.717) is 11.8 Å². The van der Waals surface area contributed by atoms with Gasteiger partial charge in [0.05, 0.1) is 25.7 Å². The minimum atomic E-state index is 0.673. The van der Waals surface area contributed by atoms with E-state index in [-0.39, 0.29) is 0 Å². The van der Waals surface area contributed by atoms with Crippen LogP contribution in [0.4, 0.5) is 0 Å². The fraction of sp³-hybridized carbons (Fsp3) is 0.692. The molecular weight excluding hydrogens is 188 g/mol. The summed E-state index contributed by atoms with van der Waals surface area (Å²) in [4.78, 5) is 0. The molecule has 0 N–H and O–H groups in total. The molecule has 0 amide bonds. The van der Waals surface area contributed by atoms with Crippen LogP contribution < -0.4 is 0 Å². The maximum absolute atomic E-state index is 5.45. The Labute approximate surface area is 93.0 Å². The van der Waals surface area contributed by atoms with Crippen LogP contribution in [0.1, 0.15) is 33.1 Å². The highest BCUT2D eigenvalue weighted by atomic mass is 16.5. The van der Waals surface area contributed by atoms with E-state index < -0.39 is 0 Å². The third-order valence-corrected chi connectivity index (χ3v) is 2.90. The average molecular weight is 210 g/mol. The Balaban J connectivity index is 2.23. The average Bonchev–Trinajstić information content (AvgIpc) is 2.67. The summed E-state index contributed by atoms with van der Waals surface area (Å²) in [7, 11) is 0. The first-order valence-corrected chi connectivity index (χ1v) is 5.84. The molecule has 86 valence electrons. The largest absolute Gasteiger partial charge is 0.501 e. The Morgan fingerprint density at radius 3 is 1.80 bits per heavy atom. The quantitative estimate of drug-likeness (QED) is 0.625. The van der Waals surface area contributed by atoms with Crippen LogP contribution in [-0.2, 0) is 9.47 Å². The summed E-state index contributed by atoms with van der Waals surface area (Å²) in [5.41, 5.74) is 0. The molecule has 15 heavy (non-hydrogen) atoms. The normalized spacial score (nSPS) is 26.5. The molecule has 0 heterocycles. The van der Waals surface area contributed by atoms with E-state index in [1.165, 1.54) is 19.3 Å². The van der Waals surface area contributed by atoms with Gasteiger partial charge in [-0.05, 0) is 38.5 Å². The van der Waals surface area contributed by atoms with Gasteiger partial charge in [-0.2, -0.15) is 0 Å². The first kappa shape index (κ1) is 12.2. The van der Waals surface area contributed by atoms with Gasteiger partial charge in [-0.1, -0.05) is 18.6 Å². The van der Waals surface area contributed by atoms with Gasteiger partial charge in [-0.3, -0.25) is 0 Å². The fourth-order valence-electron chi connectivity index (χ4n) is 2.10. The molecule has 0 aromatic rings. The van der Waals surface area contributed by atoms with Gasteiger partial charge in [0.15, 0.2) is 0 Å². The van der Waals surface area contributed by atoms with E-state index in [2.05, 4.69) is 0 Å². The highest BCUT2D eigenvalue weighted by molar-refractivity contribution is 4.79. The van der Waals surface area contributed by atoms with E-state index in [1.54, 1.807) is 12.5 Å². The molecule has 2 nitrogen and oxygen atoms in total. The molecule has 2 heteroatoms. The SMILES string of the molecule is CC=COCC1CCCC1COC=CC. The lowest BCUT2D eigenvalue weighted by molar-refractivity contribution is 0.118. The summed E-state index contributed by atoms with van der Waals surface area (Å²) in [5, 5.41) is 0. The molecule has 0 spiro atoms. The lowest BCUT2D eigenvalue weighted by atomic mass is 9.98. The lowest BCUT2D eigenvalue weighted by Crippen LogP contribution is -2.17. The molecule has 0 radical (unpaired) electrons. The smallest absolute Gasteiger partial charge is 0.0905 e. The molecule has 0 saturated heterocycles. The van der Waals surface area contributed by atoms with Crippen molar-refractivity contribution in [1.82, 2.24) is 0 Å². The van der Waals surface area contributed by atoms with Gasteiger partial charge < -0.3 is 9.47 Å². The second-order valence-electron chi connectivity index (χ2n) is 4.06. The van der Waals surface area contributed by atoms with Crippen molar-refractivity contribution in [3.63, 3.8) is 0 Å². The summed E-state index contributed by atoms with van der Waals surface area (Å²) in [6, 6.07) is 0. The van der Waals surface area contributed by atoms with Crippen LogP contribution in [0.15, 0.2) is 24.7 Å². The molecule has 0 aliphatic heterocycles. The van der Waals surface area contributed by atoms with Gasteiger partial charge in [0.1, 0.15) is 0 Å². The summed E-state index contributed by atoms with van der Waals surface area (Å²) in [6.45, 7) is 5.63. The molecule has 1 aliphatic rings. The molecular formula is C13H22O2. The van der Waals surface area contributed by atoms with Crippen molar-refractivity contribution in [2.24, 2.45) is 11.8 Å². The van der Waals surface area contributed by atoms with E-state index in [9.17, 15) is 0 Å². The first-order chi connectivity index (χ1) is 7.38. The standard InChI is InChI=1S/C13H22O2/c1-3-8-14-10-12-6-5-7-13(12)11-15-9-4-2/h3-4,8-9,12-13H,5-7,10-11H2,1-2H3. The number of hydrogen-bond donors (Lipinski definition) is 0. The molecule has 1 rings (SSSR count). The predicted molar refractivity (Wildman–Crippen MR) is 62.4 cm³/mol. The summed E-state index contributed by atoms with van der Waals surface area (Å²) >= 11 is 0. The van der Waals surface area contributed by atoms with Crippen LogP contribution in [-0.4, -0.2) is 13.2 Å². The van der Waals surface area contributed by atoms with Gasteiger partial charge in [0.25, 0.3) is 0 Å². The lowest BCUT2D eigenvalue weighted by Gasteiger charge is -2.18. The summed E-state index contributed by atoms with van der Waals surface area (Å²) in [5.74, 6) is 1.35. The molecule has 1 aliphatic carbocycles. The van der Waals surface area contributed by atoms with Gasteiger partial charge in [-0.15, -0.1) is 0 Å². The monoisotopic (exact) mass is 210 g/mol. The van der Waals surface area contributed by atoms with Crippen LogP contribution in [0.3, 0.4) is 0 Å². The Bertz CT molecular complexity index is 187. The summed E-state index contributed by atoms with van der Waals surface area (Å²) in [6.07, 6.45) is 11.3. The van der Waals surface area contributed by atoms with Crippen LogP contribution in [0.2, 0.25) is 0 Å². The van der Waals surface area contributed by atoms with Crippen LogP contribution >= 0.6 is 0 Å². The number of allylic oxidation sites excluding steroid dienone is 2. The Hall–Kier alpha value is -0.920. The molecule has 2 unspecified atom stereocenters. The van der Waals surface area contributed by atoms with Gasteiger partial charge >= 0.3 is 0 Å². The third-order valence-electron chi connectivity index (χ3n) is 2.90. The van der Waals surface area contributed by atoms with Crippen molar-refractivity contribution in [1.29, 1.82) is 0 Å². The molecule has 0 aromatic carbocycles. The Morgan fingerprint density at radius 1 is 0.933 bits per heavy atom. The minimum Gasteiger partial charge on any atom is -0.501 e. The first-order valence-electron chi connectivity index (χ1n) is 5.84. The molecule has 0 bridgehead atoms. The highest BCUT2D eigenvalue weighted by Crippen LogP contribution is 2.32. The van der Waals surface area contributed by atoms with Crippen molar-refractivity contribution >= 4 is 0 Å². The molecule has 2 atom stereocenters. The van der Waals surface area contributed by atoms with Crippen molar-refractivity contribution in [2.45, 2.75) is 33.1 Å². The van der Waals surface area contributed by atoms with Crippen molar-refractivity contribution < 1.29 is 9.47 Å².